The number of ether oxygens (including phenoxy) is 1. The number of carbonyl (C=O) groups is 6. The van der Waals surface area contributed by atoms with E-state index in [2.05, 4.69) is 10.6 Å². The molecule has 0 aromatic heterocycles. The van der Waals surface area contributed by atoms with E-state index < -0.39 is 77.6 Å². The molecular formula is C31H46N6O8. The van der Waals surface area contributed by atoms with Crippen molar-refractivity contribution >= 4 is 41.2 Å². The standard InChI is InChI=1S/C31H46N6O8/c1-15(2)23-30(43)37-13-9-10-20(37)29(42)35(7)14-21(38)36(8)25(16(3)4)31(44)45-18(6)24(28(41)33-23)34-27(40)19-12-11-17(5)26(39)22(19)32/h11-12,15-16,18,20,23-25,39H,9-10,13-14,32H2,1-8H3,(H,33,41)(H,34,40)/t18-,20+,23-,24+,25+/m1/s1. The highest BCUT2D eigenvalue weighted by molar-refractivity contribution is 6.03. The number of hydrogen-bond acceptors (Lipinski definition) is 9. The number of aromatic hydroxyl groups is 1. The van der Waals surface area contributed by atoms with Crippen LogP contribution in [0.4, 0.5) is 5.69 Å². The van der Waals surface area contributed by atoms with Gasteiger partial charge in [0.2, 0.25) is 23.6 Å². The Morgan fingerprint density at radius 1 is 1.07 bits per heavy atom. The number of hydrogen-bond donors (Lipinski definition) is 4. The summed E-state index contributed by atoms with van der Waals surface area (Å²) < 4.78 is 5.71. The highest BCUT2D eigenvalue weighted by atomic mass is 16.5. The zero-order chi connectivity index (χ0) is 33.9. The lowest BCUT2D eigenvalue weighted by Crippen LogP contribution is -2.61. The van der Waals surface area contributed by atoms with Crippen LogP contribution in [-0.2, 0) is 28.7 Å². The van der Waals surface area contributed by atoms with E-state index >= 15 is 0 Å². The summed E-state index contributed by atoms with van der Waals surface area (Å²) >= 11 is 0. The molecule has 0 spiro atoms. The van der Waals surface area contributed by atoms with Gasteiger partial charge in [-0.25, -0.2) is 4.79 Å². The summed E-state index contributed by atoms with van der Waals surface area (Å²) in [5.74, 6) is -5.02. The molecule has 14 heteroatoms. The van der Waals surface area contributed by atoms with Gasteiger partial charge in [0.25, 0.3) is 5.91 Å². The highest BCUT2D eigenvalue weighted by Gasteiger charge is 2.43. The van der Waals surface area contributed by atoms with E-state index in [4.69, 9.17) is 10.5 Å². The number of nitrogens with zero attached hydrogens (tertiary/aromatic N) is 3. The molecule has 5 amide bonds. The fraction of sp³-hybridized carbons (Fsp3) is 0.613. The van der Waals surface area contributed by atoms with E-state index in [9.17, 15) is 33.9 Å². The number of carbonyl (C=O) groups excluding carboxylic acids is 6. The van der Waals surface area contributed by atoms with Gasteiger partial charge in [-0.1, -0.05) is 33.8 Å². The summed E-state index contributed by atoms with van der Waals surface area (Å²) in [6, 6.07) is -1.63. The SMILES string of the molecule is Cc1ccc(C(=O)N[C@@H]2C(=O)N[C@H](C(C)C)C(=O)N3CCC[C@H]3C(=O)N(C)CC(=O)N(C)[C@@H](C(C)C)C(=O)O[C@@H]2C)c(N)c1O. The lowest BCUT2D eigenvalue weighted by atomic mass is 10.00. The molecule has 0 radical (unpaired) electrons. The van der Waals surface area contributed by atoms with Crippen molar-refractivity contribution in [2.45, 2.75) is 84.7 Å². The summed E-state index contributed by atoms with van der Waals surface area (Å²) in [5, 5.41) is 15.6. The van der Waals surface area contributed by atoms with Crippen molar-refractivity contribution in [3.8, 4) is 5.75 Å². The minimum atomic E-state index is -1.51. The molecule has 0 bridgehead atoms. The second kappa shape index (κ2) is 14.2. The van der Waals surface area contributed by atoms with Gasteiger partial charge in [-0.3, -0.25) is 24.0 Å². The third-order valence-electron chi connectivity index (χ3n) is 8.49. The predicted octanol–water partition coefficient (Wildman–Crippen LogP) is 0.400. The number of aryl methyl sites for hydroxylation is 1. The fourth-order valence-electron chi connectivity index (χ4n) is 5.75. The van der Waals surface area contributed by atoms with Crippen LogP contribution in [0.5, 0.6) is 5.75 Å². The van der Waals surface area contributed by atoms with Gasteiger partial charge in [0.1, 0.15) is 36.0 Å². The van der Waals surface area contributed by atoms with E-state index in [1.807, 2.05) is 0 Å². The quantitative estimate of drug-likeness (QED) is 0.207. The third-order valence-corrected chi connectivity index (χ3v) is 8.49. The van der Waals surface area contributed by atoms with E-state index in [1.165, 1.54) is 47.9 Å². The molecule has 3 rings (SSSR count). The number of phenolic OH excluding ortho intramolecular Hbond substituents is 1. The van der Waals surface area contributed by atoms with Gasteiger partial charge >= 0.3 is 5.97 Å². The van der Waals surface area contributed by atoms with Gasteiger partial charge < -0.3 is 40.9 Å². The molecule has 0 aliphatic carbocycles. The van der Waals surface area contributed by atoms with Gasteiger partial charge in [0, 0.05) is 20.6 Å². The minimum absolute atomic E-state index is 0.110. The first-order valence-electron chi connectivity index (χ1n) is 15.2. The van der Waals surface area contributed by atoms with E-state index in [-0.39, 0.29) is 30.1 Å². The van der Waals surface area contributed by atoms with Crippen LogP contribution in [-0.4, -0.2) is 113 Å². The molecule has 248 valence electrons. The number of amides is 5. The Morgan fingerprint density at radius 3 is 2.31 bits per heavy atom. The molecule has 5 atom stereocenters. The van der Waals surface area contributed by atoms with Crippen LogP contribution in [0.1, 0.15) is 63.4 Å². The summed E-state index contributed by atoms with van der Waals surface area (Å²) in [7, 11) is 2.90. The van der Waals surface area contributed by atoms with Crippen molar-refractivity contribution in [2.24, 2.45) is 11.8 Å². The number of nitrogens with two attached hydrogens (primary N) is 1. The number of esters is 1. The Bertz CT molecular complexity index is 1350. The van der Waals surface area contributed by atoms with Crippen molar-refractivity contribution in [3.63, 3.8) is 0 Å². The van der Waals surface area contributed by atoms with Gasteiger partial charge in [-0.2, -0.15) is 0 Å². The molecule has 2 saturated heterocycles. The number of fused-ring (bicyclic) bond motifs is 1. The number of nitrogens with one attached hydrogen (secondary N) is 2. The molecule has 45 heavy (non-hydrogen) atoms. The van der Waals surface area contributed by atoms with E-state index in [0.29, 0.717) is 18.4 Å². The molecule has 1 aromatic rings. The molecule has 5 N–H and O–H groups in total. The monoisotopic (exact) mass is 630 g/mol. The fourth-order valence-corrected chi connectivity index (χ4v) is 5.75. The Labute approximate surface area is 263 Å². The zero-order valence-corrected chi connectivity index (χ0v) is 27.2. The maximum atomic E-state index is 13.9. The molecule has 0 unspecified atom stereocenters. The van der Waals surface area contributed by atoms with Crippen LogP contribution in [0.15, 0.2) is 12.1 Å². The lowest BCUT2D eigenvalue weighted by Gasteiger charge is -2.36. The van der Waals surface area contributed by atoms with Gasteiger partial charge in [-0.15, -0.1) is 0 Å². The molecule has 2 aliphatic rings. The minimum Gasteiger partial charge on any atom is -0.505 e. The maximum Gasteiger partial charge on any atom is 0.329 e. The number of phenols is 1. The number of benzene rings is 1. The lowest BCUT2D eigenvalue weighted by molar-refractivity contribution is -0.163. The Kier molecular flexibility index (Phi) is 11.1. The maximum absolute atomic E-state index is 13.9. The first-order chi connectivity index (χ1) is 21.0. The van der Waals surface area contributed by atoms with Crippen LogP contribution in [0, 0.1) is 18.8 Å². The largest absolute Gasteiger partial charge is 0.505 e. The molecule has 2 fully saturated rings. The van der Waals surface area contributed by atoms with Crippen molar-refractivity contribution in [3.05, 3.63) is 23.3 Å². The second-order valence-corrected chi connectivity index (χ2v) is 12.6. The number of likely N-dealkylation sites (N-methyl/N-ethyl adjacent to an activating group) is 2. The van der Waals surface area contributed by atoms with Crippen molar-refractivity contribution in [1.82, 2.24) is 25.3 Å². The van der Waals surface area contributed by atoms with Crippen LogP contribution < -0.4 is 16.4 Å². The number of anilines is 1. The van der Waals surface area contributed by atoms with E-state index in [1.54, 1.807) is 34.6 Å². The summed E-state index contributed by atoms with van der Waals surface area (Å²) in [6.07, 6.45) is -0.328. The number of cyclic esters (lactones) is 1. The number of nitrogen functional groups attached to an aromatic ring is 1. The summed E-state index contributed by atoms with van der Waals surface area (Å²) in [4.78, 5) is 85.3. The van der Waals surface area contributed by atoms with Gasteiger partial charge in [0.15, 0.2) is 0 Å². The van der Waals surface area contributed by atoms with Crippen molar-refractivity contribution in [1.29, 1.82) is 0 Å². The predicted molar refractivity (Wildman–Crippen MR) is 165 cm³/mol. The Morgan fingerprint density at radius 2 is 1.71 bits per heavy atom. The third kappa shape index (κ3) is 7.48. The summed E-state index contributed by atoms with van der Waals surface area (Å²) in [6.45, 7) is 9.89. The normalized spacial score (nSPS) is 25.9. The highest BCUT2D eigenvalue weighted by Crippen LogP contribution is 2.28. The second-order valence-electron chi connectivity index (χ2n) is 12.6. The van der Waals surface area contributed by atoms with Crippen LogP contribution in [0.25, 0.3) is 0 Å². The molecule has 2 heterocycles. The average Bonchev–Trinajstić information content (AvgIpc) is 3.45. The van der Waals surface area contributed by atoms with Crippen LogP contribution in [0.2, 0.25) is 0 Å². The molecule has 1 aromatic carbocycles. The molecule has 14 nitrogen and oxygen atoms in total. The Hall–Kier alpha value is -4.36. The van der Waals surface area contributed by atoms with Crippen molar-refractivity contribution in [2.75, 3.05) is 32.9 Å². The van der Waals surface area contributed by atoms with Gasteiger partial charge in [0.05, 0.1) is 17.8 Å². The summed E-state index contributed by atoms with van der Waals surface area (Å²) in [5.41, 5.74) is 6.13. The van der Waals surface area contributed by atoms with Crippen molar-refractivity contribution < 1.29 is 38.6 Å². The molecular weight excluding hydrogens is 584 g/mol. The first-order valence-corrected chi connectivity index (χ1v) is 15.2. The van der Waals surface area contributed by atoms with Crippen LogP contribution in [0.3, 0.4) is 0 Å². The Balaban J connectivity index is 2.08. The topological polar surface area (TPSA) is 192 Å². The molecule has 2 aliphatic heterocycles. The van der Waals surface area contributed by atoms with E-state index in [0.717, 1.165) is 0 Å². The molecule has 0 saturated carbocycles. The average molecular weight is 631 g/mol. The smallest absolute Gasteiger partial charge is 0.329 e. The van der Waals surface area contributed by atoms with Crippen LogP contribution >= 0.6 is 0 Å². The first kappa shape index (κ1) is 35.1. The zero-order valence-electron chi connectivity index (χ0n) is 27.2. The van der Waals surface area contributed by atoms with Gasteiger partial charge in [-0.05, 0) is 50.2 Å². The number of rotatable bonds is 4.